The second-order valence-electron chi connectivity index (χ2n) is 5.15. The molecule has 1 fully saturated rings. The van der Waals surface area contributed by atoms with Gasteiger partial charge in [-0.25, -0.2) is 22.3 Å². The number of sulfonamides is 1. The third-order valence-corrected chi connectivity index (χ3v) is 4.39. The normalized spacial score (nSPS) is 17.4. The van der Waals surface area contributed by atoms with Gasteiger partial charge in [0.1, 0.15) is 16.3 Å². The molecule has 0 aliphatic heterocycles. The maximum Gasteiger partial charge on any atom is 0.257 e. The lowest BCUT2D eigenvalue weighted by molar-refractivity contribution is 0.0841. The number of carbonyl (C=O) groups is 1. The fourth-order valence-electron chi connectivity index (χ4n) is 2.13. The van der Waals surface area contributed by atoms with Gasteiger partial charge >= 0.3 is 0 Å². The first kappa shape index (κ1) is 14.9. The third-order valence-electron chi connectivity index (χ3n) is 3.46. The summed E-state index contributed by atoms with van der Waals surface area (Å²) < 4.78 is 50.0. The molecule has 1 aromatic rings. The second kappa shape index (κ2) is 4.78. The van der Waals surface area contributed by atoms with Crippen LogP contribution in [0, 0.1) is 11.6 Å². The van der Waals surface area contributed by atoms with E-state index in [1.54, 1.807) is 6.92 Å². The van der Waals surface area contributed by atoms with E-state index >= 15 is 0 Å². The molecule has 3 N–H and O–H groups in total. The first-order valence-corrected chi connectivity index (χ1v) is 7.52. The molecule has 0 unspecified atom stereocenters. The van der Waals surface area contributed by atoms with Crippen LogP contribution in [0.3, 0.4) is 0 Å². The Morgan fingerprint density at radius 2 is 1.95 bits per heavy atom. The molecule has 1 saturated carbocycles. The van der Waals surface area contributed by atoms with Gasteiger partial charge in [0.2, 0.25) is 10.0 Å². The Kier molecular flexibility index (Phi) is 3.55. The average molecular weight is 304 g/mol. The molecule has 8 heteroatoms. The van der Waals surface area contributed by atoms with E-state index in [0.717, 1.165) is 6.42 Å². The van der Waals surface area contributed by atoms with Gasteiger partial charge in [-0.15, -0.1) is 0 Å². The lowest BCUT2D eigenvalue weighted by Crippen LogP contribution is -2.51. The van der Waals surface area contributed by atoms with E-state index < -0.39 is 43.6 Å². The van der Waals surface area contributed by atoms with Gasteiger partial charge in [-0.1, -0.05) is 0 Å². The van der Waals surface area contributed by atoms with Crippen LogP contribution in [0.2, 0.25) is 0 Å². The molecule has 0 atom stereocenters. The predicted molar refractivity (Wildman–Crippen MR) is 67.5 cm³/mol. The monoisotopic (exact) mass is 304 g/mol. The zero-order valence-electron chi connectivity index (χ0n) is 10.7. The average Bonchev–Trinajstić information content (AvgIpc) is 2.24. The quantitative estimate of drug-likeness (QED) is 0.881. The van der Waals surface area contributed by atoms with Crippen molar-refractivity contribution in [1.29, 1.82) is 0 Å². The van der Waals surface area contributed by atoms with Crippen molar-refractivity contribution in [3.63, 3.8) is 0 Å². The van der Waals surface area contributed by atoms with Crippen LogP contribution in [0.15, 0.2) is 17.0 Å². The van der Waals surface area contributed by atoms with E-state index in [1.807, 2.05) is 0 Å². The molecule has 110 valence electrons. The van der Waals surface area contributed by atoms with Gasteiger partial charge in [0, 0.05) is 5.54 Å². The van der Waals surface area contributed by atoms with Crippen LogP contribution in [0.1, 0.15) is 36.5 Å². The second-order valence-corrected chi connectivity index (χ2v) is 6.68. The molecular weight excluding hydrogens is 290 g/mol. The van der Waals surface area contributed by atoms with E-state index in [-0.39, 0.29) is 0 Å². The highest BCUT2D eigenvalue weighted by molar-refractivity contribution is 7.89. The fourth-order valence-corrected chi connectivity index (χ4v) is 2.74. The molecule has 5 nitrogen and oxygen atoms in total. The van der Waals surface area contributed by atoms with Gasteiger partial charge in [-0.2, -0.15) is 0 Å². The number of primary sulfonamides is 1. The van der Waals surface area contributed by atoms with Crippen molar-refractivity contribution in [3.8, 4) is 0 Å². The Hall–Kier alpha value is -1.54. The summed E-state index contributed by atoms with van der Waals surface area (Å²) in [6.07, 6.45) is 2.33. The summed E-state index contributed by atoms with van der Waals surface area (Å²) in [6.45, 7) is 1.76. The minimum Gasteiger partial charge on any atom is -0.347 e. The summed E-state index contributed by atoms with van der Waals surface area (Å²) in [5.41, 5.74) is -1.43. The van der Waals surface area contributed by atoms with E-state index in [4.69, 9.17) is 5.14 Å². The van der Waals surface area contributed by atoms with Gasteiger partial charge < -0.3 is 5.32 Å². The summed E-state index contributed by atoms with van der Waals surface area (Å²) in [6, 6.07) is 1.41. The van der Waals surface area contributed by atoms with E-state index in [9.17, 15) is 22.0 Å². The standard InChI is InChI=1S/C12H14F2N2O3S/c1-12(5-2-6-12)16-11(17)9-7(13)3-4-8(10(9)14)20(15,18)19/h3-4H,2,5-6H2,1H3,(H,16,17)(H2,15,18,19). The summed E-state index contributed by atoms with van der Waals surface area (Å²) >= 11 is 0. The topological polar surface area (TPSA) is 89.3 Å². The molecular formula is C12H14F2N2O3S. The van der Waals surface area contributed by atoms with Crippen LogP contribution in [0.5, 0.6) is 0 Å². The van der Waals surface area contributed by atoms with Crippen LogP contribution in [-0.4, -0.2) is 19.9 Å². The highest BCUT2D eigenvalue weighted by Gasteiger charge is 2.35. The van der Waals surface area contributed by atoms with E-state index in [1.165, 1.54) is 0 Å². The Morgan fingerprint density at radius 3 is 2.40 bits per heavy atom. The van der Waals surface area contributed by atoms with Crippen molar-refractivity contribution < 1.29 is 22.0 Å². The highest BCUT2D eigenvalue weighted by Crippen LogP contribution is 2.31. The Labute approximate surface area is 115 Å². The van der Waals surface area contributed by atoms with Crippen LogP contribution in [-0.2, 0) is 10.0 Å². The number of nitrogens with one attached hydrogen (secondary N) is 1. The number of carbonyl (C=O) groups excluding carboxylic acids is 1. The maximum absolute atomic E-state index is 14.0. The number of halogens is 2. The lowest BCUT2D eigenvalue weighted by atomic mass is 9.78. The maximum atomic E-state index is 14.0. The molecule has 0 aromatic heterocycles. The predicted octanol–water partition coefficient (Wildman–Crippen LogP) is 1.28. The van der Waals surface area contributed by atoms with Gasteiger partial charge in [0.05, 0.1) is 0 Å². The van der Waals surface area contributed by atoms with E-state index in [0.29, 0.717) is 25.0 Å². The summed E-state index contributed by atoms with van der Waals surface area (Å²) in [5, 5.41) is 7.33. The highest BCUT2D eigenvalue weighted by atomic mass is 32.2. The van der Waals surface area contributed by atoms with Crippen LogP contribution in [0.4, 0.5) is 8.78 Å². The molecule has 1 aromatic carbocycles. The number of hydrogen-bond acceptors (Lipinski definition) is 3. The van der Waals surface area contributed by atoms with Crippen molar-refractivity contribution in [2.75, 3.05) is 0 Å². The minimum atomic E-state index is -4.36. The summed E-state index contributed by atoms with van der Waals surface area (Å²) in [5.74, 6) is -3.57. The number of benzene rings is 1. The van der Waals surface area contributed by atoms with Crippen molar-refractivity contribution in [1.82, 2.24) is 5.32 Å². The summed E-state index contributed by atoms with van der Waals surface area (Å²) in [7, 11) is -4.36. The number of hydrogen-bond donors (Lipinski definition) is 2. The van der Waals surface area contributed by atoms with Crippen molar-refractivity contribution in [2.45, 2.75) is 36.6 Å². The third kappa shape index (κ3) is 2.66. The fraction of sp³-hybridized carbons (Fsp3) is 0.417. The molecule has 1 aliphatic rings. The number of rotatable bonds is 3. The van der Waals surface area contributed by atoms with Crippen molar-refractivity contribution in [2.24, 2.45) is 5.14 Å². The Morgan fingerprint density at radius 1 is 1.35 bits per heavy atom. The molecule has 0 saturated heterocycles. The van der Waals surface area contributed by atoms with Gasteiger partial charge in [0.25, 0.3) is 5.91 Å². The molecule has 0 radical (unpaired) electrons. The number of amides is 1. The van der Waals surface area contributed by atoms with Gasteiger partial charge in [-0.3, -0.25) is 4.79 Å². The number of nitrogens with two attached hydrogens (primary N) is 1. The smallest absolute Gasteiger partial charge is 0.257 e. The van der Waals surface area contributed by atoms with Gasteiger partial charge in [-0.05, 0) is 38.3 Å². The molecule has 20 heavy (non-hydrogen) atoms. The molecule has 1 amide bonds. The molecule has 2 rings (SSSR count). The van der Waals surface area contributed by atoms with E-state index in [2.05, 4.69) is 5.32 Å². The van der Waals surface area contributed by atoms with Crippen molar-refractivity contribution in [3.05, 3.63) is 29.3 Å². The lowest BCUT2D eigenvalue weighted by Gasteiger charge is -2.39. The molecule has 0 spiro atoms. The Balaban J connectivity index is 2.43. The Bertz CT molecular complexity index is 670. The van der Waals surface area contributed by atoms with Crippen molar-refractivity contribution >= 4 is 15.9 Å². The van der Waals surface area contributed by atoms with Gasteiger partial charge in [0.15, 0.2) is 5.82 Å². The molecule has 1 aliphatic carbocycles. The molecule has 0 heterocycles. The molecule has 0 bridgehead atoms. The van der Waals surface area contributed by atoms with Crippen LogP contribution in [0.25, 0.3) is 0 Å². The first-order chi connectivity index (χ1) is 9.14. The SMILES string of the molecule is CC1(NC(=O)c2c(F)ccc(S(N)(=O)=O)c2F)CCC1. The zero-order chi connectivity index (χ0) is 15.1. The zero-order valence-corrected chi connectivity index (χ0v) is 11.6. The van der Waals surface area contributed by atoms with Crippen LogP contribution >= 0.6 is 0 Å². The summed E-state index contributed by atoms with van der Waals surface area (Å²) in [4.78, 5) is 11.0. The minimum absolute atomic E-state index is 0.506. The largest absolute Gasteiger partial charge is 0.347 e. The van der Waals surface area contributed by atoms with Crippen LogP contribution < -0.4 is 10.5 Å². The first-order valence-electron chi connectivity index (χ1n) is 5.97.